The van der Waals surface area contributed by atoms with Gasteiger partial charge in [-0.15, -0.1) is 10.2 Å². The summed E-state index contributed by atoms with van der Waals surface area (Å²) in [5, 5.41) is 49.4. The summed E-state index contributed by atoms with van der Waals surface area (Å²) in [6.07, 6.45) is -8.26. The SMILES string of the molecule is Cc1nnc(NS(=O)(=O)c2ccc(NC3OC(C(=O)O)C(O)C(O)C3O)cc2)s1. The number of anilines is 2. The summed E-state index contributed by atoms with van der Waals surface area (Å²) in [6, 6.07) is 5.27. The molecule has 5 atom stereocenters. The highest BCUT2D eigenvalue weighted by atomic mass is 32.2. The van der Waals surface area contributed by atoms with E-state index in [0.717, 1.165) is 11.3 Å². The minimum absolute atomic E-state index is 0.0696. The zero-order chi connectivity index (χ0) is 21.3. The molecule has 2 heterocycles. The lowest BCUT2D eigenvalue weighted by atomic mass is 9.98. The normalized spacial score (nSPS) is 27.4. The number of aromatic nitrogens is 2. The maximum absolute atomic E-state index is 12.4. The van der Waals surface area contributed by atoms with Gasteiger partial charge in [0, 0.05) is 5.69 Å². The number of ether oxygens (including phenoxy) is 1. The second-order valence-electron chi connectivity index (χ2n) is 6.19. The Morgan fingerprint density at radius 3 is 2.31 bits per heavy atom. The van der Waals surface area contributed by atoms with Gasteiger partial charge in [0.05, 0.1) is 4.90 Å². The van der Waals surface area contributed by atoms with Crippen molar-refractivity contribution in [1.82, 2.24) is 10.2 Å². The largest absolute Gasteiger partial charge is 0.479 e. The monoisotopic (exact) mass is 446 g/mol. The van der Waals surface area contributed by atoms with E-state index in [0.29, 0.717) is 5.01 Å². The van der Waals surface area contributed by atoms with Crippen molar-refractivity contribution >= 4 is 38.1 Å². The van der Waals surface area contributed by atoms with Crippen molar-refractivity contribution in [2.45, 2.75) is 42.5 Å². The lowest BCUT2D eigenvalue weighted by molar-refractivity contribution is -0.221. The van der Waals surface area contributed by atoms with E-state index in [4.69, 9.17) is 9.84 Å². The fraction of sp³-hybridized carbons (Fsp3) is 0.400. The maximum atomic E-state index is 12.4. The molecule has 2 aromatic rings. The van der Waals surface area contributed by atoms with E-state index in [-0.39, 0.29) is 15.7 Å². The summed E-state index contributed by atoms with van der Waals surface area (Å²) in [5.41, 5.74) is 0.285. The molecular weight excluding hydrogens is 428 g/mol. The van der Waals surface area contributed by atoms with E-state index >= 15 is 0 Å². The summed E-state index contributed by atoms with van der Waals surface area (Å²) in [7, 11) is -3.90. The molecule has 1 aliphatic rings. The van der Waals surface area contributed by atoms with Crippen molar-refractivity contribution in [1.29, 1.82) is 0 Å². The molecule has 0 amide bonds. The summed E-state index contributed by atoms with van der Waals surface area (Å²) in [6.45, 7) is 1.68. The third-order valence-electron chi connectivity index (χ3n) is 4.08. The van der Waals surface area contributed by atoms with Gasteiger partial charge in [-0.05, 0) is 31.2 Å². The summed E-state index contributed by atoms with van der Waals surface area (Å²) >= 11 is 1.08. The highest BCUT2D eigenvalue weighted by Crippen LogP contribution is 2.25. The Bertz CT molecular complexity index is 980. The Balaban J connectivity index is 1.72. The molecule has 1 fully saturated rings. The van der Waals surface area contributed by atoms with Crippen molar-refractivity contribution in [2.75, 3.05) is 10.0 Å². The number of aliphatic hydroxyl groups is 3. The highest BCUT2D eigenvalue weighted by molar-refractivity contribution is 7.93. The molecule has 0 saturated carbocycles. The van der Waals surface area contributed by atoms with Gasteiger partial charge in [0.2, 0.25) is 5.13 Å². The van der Waals surface area contributed by atoms with Crippen LogP contribution >= 0.6 is 11.3 Å². The van der Waals surface area contributed by atoms with Crippen LogP contribution in [-0.4, -0.2) is 75.7 Å². The first kappa shape index (κ1) is 21.4. The number of carboxylic acids is 1. The van der Waals surface area contributed by atoms with E-state index in [9.17, 15) is 28.5 Å². The van der Waals surface area contributed by atoms with Crippen molar-refractivity contribution < 1.29 is 38.4 Å². The van der Waals surface area contributed by atoms with E-state index in [1.807, 2.05) is 0 Å². The number of aliphatic carboxylic acids is 1. The lowest BCUT2D eigenvalue weighted by Gasteiger charge is -2.39. The molecule has 0 aliphatic carbocycles. The summed E-state index contributed by atoms with van der Waals surface area (Å²) in [5.74, 6) is -1.50. The Hall–Kier alpha value is -2.36. The molecule has 6 N–H and O–H groups in total. The molecule has 158 valence electrons. The number of aliphatic hydroxyl groups excluding tert-OH is 3. The molecule has 3 rings (SSSR count). The number of carbonyl (C=O) groups is 1. The van der Waals surface area contributed by atoms with Gasteiger partial charge in [-0.1, -0.05) is 11.3 Å². The number of sulfonamides is 1. The zero-order valence-corrected chi connectivity index (χ0v) is 16.5. The number of hydrogen-bond acceptors (Lipinski definition) is 11. The van der Waals surface area contributed by atoms with Crippen LogP contribution in [0.2, 0.25) is 0 Å². The van der Waals surface area contributed by atoms with Gasteiger partial charge in [0.1, 0.15) is 23.3 Å². The van der Waals surface area contributed by atoms with Crippen LogP contribution in [0.5, 0.6) is 0 Å². The van der Waals surface area contributed by atoms with Gasteiger partial charge in [-0.25, -0.2) is 13.2 Å². The van der Waals surface area contributed by atoms with Crippen molar-refractivity contribution in [3.8, 4) is 0 Å². The Morgan fingerprint density at radius 1 is 1.10 bits per heavy atom. The zero-order valence-electron chi connectivity index (χ0n) is 14.8. The van der Waals surface area contributed by atoms with E-state index in [1.54, 1.807) is 6.92 Å². The van der Waals surface area contributed by atoms with Crippen LogP contribution in [0.25, 0.3) is 0 Å². The van der Waals surface area contributed by atoms with Crippen molar-refractivity contribution in [3.63, 3.8) is 0 Å². The molecule has 29 heavy (non-hydrogen) atoms. The molecular formula is C15H18N4O8S2. The van der Waals surface area contributed by atoms with Gasteiger partial charge in [0.15, 0.2) is 12.3 Å². The highest BCUT2D eigenvalue weighted by Gasteiger charge is 2.46. The number of aryl methyl sites for hydroxylation is 1. The molecule has 14 heteroatoms. The quantitative estimate of drug-likeness (QED) is 0.317. The second kappa shape index (κ2) is 8.17. The Kier molecular flexibility index (Phi) is 6.02. The first-order valence-electron chi connectivity index (χ1n) is 8.20. The average molecular weight is 446 g/mol. The fourth-order valence-electron chi connectivity index (χ4n) is 2.61. The van der Waals surface area contributed by atoms with Crippen LogP contribution in [0.1, 0.15) is 5.01 Å². The molecule has 1 aliphatic heterocycles. The van der Waals surface area contributed by atoms with E-state index in [1.165, 1.54) is 24.3 Å². The Labute approximate surface area is 168 Å². The molecule has 0 radical (unpaired) electrons. The number of nitrogens with zero attached hydrogens (tertiary/aromatic N) is 2. The number of benzene rings is 1. The van der Waals surface area contributed by atoms with Crippen LogP contribution in [-0.2, 0) is 19.6 Å². The molecule has 0 spiro atoms. The summed E-state index contributed by atoms with van der Waals surface area (Å²) in [4.78, 5) is 11.1. The minimum atomic E-state index is -3.90. The first-order valence-corrected chi connectivity index (χ1v) is 10.5. The van der Waals surface area contributed by atoms with Gasteiger partial charge in [-0.3, -0.25) is 4.72 Å². The number of carboxylic acid groups (broad SMARTS) is 1. The predicted octanol–water partition coefficient (Wildman–Crippen LogP) is -1.05. The summed E-state index contributed by atoms with van der Waals surface area (Å²) < 4.78 is 32.2. The smallest absolute Gasteiger partial charge is 0.335 e. The van der Waals surface area contributed by atoms with Gasteiger partial charge in [-0.2, -0.15) is 0 Å². The number of nitrogens with one attached hydrogen (secondary N) is 2. The topological polar surface area (TPSA) is 191 Å². The molecule has 0 bridgehead atoms. The first-order chi connectivity index (χ1) is 13.6. The van der Waals surface area contributed by atoms with Gasteiger partial charge < -0.3 is 30.5 Å². The number of hydrogen-bond donors (Lipinski definition) is 6. The molecule has 1 saturated heterocycles. The third kappa shape index (κ3) is 4.63. The molecule has 5 unspecified atom stereocenters. The number of rotatable bonds is 6. The van der Waals surface area contributed by atoms with Crippen LogP contribution < -0.4 is 10.0 Å². The standard InChI is InChI=1S/C15H18N4O8S2/c1-6-17-18-15(28-6)19-29(25,26)8-4-2-7(3-5-8)16-13-11(22)9(20)10(21)12(27-13)14(23)24/h2-5,9-13,16,20-22H,1H3,(H,18,19)(H,23,24). The van der Waals surface area contributed by atoms with Crippen LogP contribution in [0.3, 0.4) is 0 Å². The average Bonchev–Trinajstić information content (AvgIpc) is 3.06. The van der Waals surface area contributed by atoms with Crippen LogP contribution in [0.15, 0.2) is 29.2 Å². The molecule has 1 aromatic heterocycles. The van der Waals surface area contributed by atoms with Crippen molar-refractivity contribution in [3.05, 3.63) is 29.3 Å². The fourth-order valence-corrected chi connectivity index (χ4v) is 4.43. The Morgan fingerprint density at radius 2 is 1.76 bits per heavy atom. The molecule has 12 nitrogen and oxygen atoms in total. The van der Waals surface area contributed by atoms with E-state index < -0.39 is 46.6 Å². The molecule has 1 aromatic carbocycles. The second-order valence-corrected chi connectivity index (χ2v) is 9.05. The van der Waals surface area contributed by atoms with Gasteiger partial charge >= 0.3 is 5.97 Å². The van der Waals surface area contributed by atoms with Crippen molar-refractivity contribution in [2.24, 2.45) is 0 Å². The van der Waals surface area contributed by atoms with Gasteiger partial charge in [0.25, 0.3) is 10.0 Å². The third-order valence-corrected chi connectivity index (χ3v) is 6.32. The lowest BCUT2D eigenvalue weighted by Crippen LogP contribution is -2.61. The van der Waals surface area contributed by atoms with Crippen LogP contribution in [0, 0.1) is 6.92 Å². The maximum Gasteiger partial charge on any atom is 0.335 e. The van der Waals surface area contributed by atoms with Crippen LogP contribution in [0.4, 0.5) is 10.8 Å². The van der Waals surface area contributed by atoms with E-state index in [2.05, 4.69) is 20.2 Å². The predicted molar refractivity (Wildman–Crippen MR) is 99.8 cm³/mol. The minimum Gasteiger partial charge on any atom is -0.479 e.